The Morgan fingerprint density at radius 3 is 2.59 bits per heavy atom. The van der Waals surface area contributed by atoms with Gasteiger partial charge in [-0.3, -0.25) is 9.89 Å². The minimum atomic E-state index is 0. The number of anilines is 1. The number of guanidine groups is 1. The maximum atomic E-state index is 6.06. The van der Waals surface area contributed by atoms with Crippen LogP contribution in [0, 0.1) is 0 Å². The topological polar surface area (TPSA) is 42.9 Å². The van der Waals surface area contributed by atoms with E-state index in [1.165, 1.54) is 5.69 Å². The smallest absolute Gasteiger partial charge is 0.190 e. The molecule has 1 aliphatic rings. The van der Waals surface area contributed by atoms with Gasteiger partial charge in [-0.05, 0) is 18.2 Å². The molecule has 1 aromatic carbocycles. The summed E-state index contributed by atoms with van der Waals surface area (Å²) in [5, 5.41) is 7.11. The first-order valence-corrected chi connectivity index (χ1v) is 7.72. The molecular weight excluding hydrogens is 413 g/mol. The van der Waals surface area contributed by atoms with E-state index < -0.39 is 0 Å². The highest BCUT2D eigenvalue weighted by Crippen LogP contribution is 2.20. The fourth-order valence-electron chi connectivity index (χ4n) is 2.51. The first-order valence-electron chi connectivity index (χ1n) is 7.34. The Kier molecular flexibility index (Phi) is 8.89. The van der Waals surface area contributed by atoms with Crippen LogP contribution in [0.3, 0.4) is 0 Å². The van der Waals surface area contributed by atoms with Gasteiger partial charge in [-0.1, -0.05) is 17.7 Å². The zero-order valence-electron chi connectivity index (χ0n) is 13.2. The number of aliphatic imine (C=N–C) groups is 1. The van der Waals surface area contributed by atoms with Crippen molar-refractivity contribution in [3.05, 3.63) is 29.3 Å². The van der Waals surface area contributed by atoms with Crippen LogP contribution in [0.15, 0.2) is 29.3 Å². The fourth-order valence-corrected chi connectivity index (χ4v) is 2.70. The van der Waals surface area contributed by atoms with Crippen molar-refractivity contribution in [2.24, 2.45) is 4.99 Å². The van der Waals surface area contributed by atoms with E-state index in [0.29, 0.717) is 0 Å². The van der Waals surface area contributed by atoms with Crippen molar-refractivity contribution in [1.82, 2.24) is 15.5 Å². The Morgan fingerprint density at radius 1 is 1.27 bits per heavy atom. The molecule has 5 nitrogen and oxygen atoms in total. The van der Waals surface area contributed by atoms with E-state index >= 15 is 0 Å². The summed E-state index contributed by atoms with van der Waals surface area (Å²) in [7, 11) is 3.65. The number of halogens is 2. The zero-order valence-corrected chi connectivity index (χ0v) is 16.3. The van der Waals surface area contributed by atoms with Crippen molar-refractivity contribution >= 4 is 47.2 Å². The van der Waals surface area contributed by atoms with Gasteiger partial charge in [-0.15, -0.1) is 24.0 Å². The molecule has 0 atom stereocenters. The van der Waals surface area contributed by atoms with Gasteiger partial charge in [0.05, 0.1) is 0 Å². The minimum absolute atomic E-state index is 0. The van der Waals surface area contributed by atoms with Crippen LogP contribution < -0.4 is 15.5 Å². The number of nitrogens with one attached hydrogen (secondary N) is 2. The highest BCUT2D eigenvalue weighted by Gasteiger charge is 2.16. The summed E-state index contributed by atoms with van der Waals surface area (Å²) in [6.07, 6.45) is 0. The van der Waals surface area contributed by atoms with E-state index in [0.717, 1.165) is 50.3 Å². The highest BCUT2D eigenvalue weighted by molar-refractivity contribution is 14.0. The molecule has 1 fully saturated rings. The third kappa shape index (κ3) is 5.81. The van der Waals surface area contributed by atoms with Crippen molar-refractivity contribution in [3.63, 3.8) is 0 Å². The summed E-state index contributed by atoms with van der Waals surface area (Å²) in [5.41, 5.74) is 1.22. The molecule has 0 aliphatic carbocycles. The molecular formula is C15H25ClIN5. The van der Waals surface area contributed by atoms with Crippen LogP contribution in [-0.2, 0) is 0 Å². The molecule has 0 unspecified atom stereocenters. The largest absolute Gasteiger partial charge is 0.369 e. The maximum Gasteiger partial charge on any atom is 0.190 e. The molecule has 124 valence electrons. The third-order valence-corrected chi connectivity index (χ3v) is 3.96. The van der Waals surface area contributed by atoms with Gasteiger partial charge in [0, 0.05) is 64.1 Å². The van der Waals surface area contributed by atoms with E-state index in [9.17, 15) is 0 Å². The molecule has 0 bridgehead atoms. The van der Waals surface area contributed by atoms with Gasteiger partial charge in [-0.25, -0.2) is 0 Å². The predicted molar refractivity (Wildman–Crippen MR) is 106 cm³/mol. The van der Waals surface area contributed by atoms with Gasteiger partial charge in [0.15, 0.2) is 5.96 Å². The van der Waals surface area contributed by atoms with Gasteiger partial charge in [-0.2, -0.15) is 0 Å². The fraction of sp³-hybridized carbons (Fsp3) is 0.533. The lowest BCUT2D eigenvalue weighted by Crippen LogP contribution is -2.49. The van der Waals surface area contributed by atoms with Gasteiger partial charge in [0.25, 0.3) is 0 Å². The molecule has 0 saturated carbocycles. The van der Waals surface area contributed by atoms with Crippen molar-refractivity contribution < 1.29 is 0 Å². The average Bonchev–Trinajstić information content (AvgIpc) is 2.52. The standard InChI is InChI=1S/C15H24ClN5.HI/c1-17-15(18-2)19-6-7-20-8-10-21(11-9-20)14-5-3-4-13(16)12-14;/h3-5,12H,6-11H2,1-2H3,(H2,17,18,19);1H. The second-order valence-electron chi connectivity index (χ2n) is 5.06. The number of rotatable bonds is 4. The molecule has 1 heterocycles. The molecule has 0 amide bonds. The lowest BCUT2D eigenvalue weighted by molar-refractivity contribution is 0.261. The van der Waals surface area contributed by atoms with E-state index in [-0.39, 0.29) is 24.0 Å². The summed E-state index contributed by atoms with van der Waals surface area (Å²) in [4.78, 5) is 8.96. The van der Waals surface area contributed by atoms with Crippen LogP contribution in [0.25, 0.3) is 0 Å². The van der Waals surface area contributed by atoms with E-state index in [4.69, 9.17) is 11.6 Å². The molecule has 2 N–H and O–H groups in total. The Labute approximate surface area is 155 Å². The van der Waals surface area contributed by atoms with Crippen molar-refractivity contribution in [3.8, 4) is 0 Å². The number of hydrogen-bond acceptors (Lipinski definition) is 3. The van der Waals surface area contributed by atoms with E-state index in [1.807, 2.05) is 25.2 Å². The Bertz CT molecular complexity index is 475. The molecule has 0 spiro atoms. The molecule has 1 aromatic rings. The molecule has 0 aromatic heterocycles. The molecule has 0 radical (unpaired) electrons. The van der Waals surface area contributed by atoms with Crippen molar-refractivity contribution in [2.45, 2.75) is 0 Å². The predicted octanol–water partition coefficient (Wildman–Crippen LogP) is 1.87. The second-order valence-corrected chi connectivity index (χ2v) is 5.49. The Morgan fingerprint density at radius 2 is 2.00 bits per heavy atom. The molecule has 2 rings (SSSR count). The summed E-state index contributed by atoms with van der Waals surface area (Å²) >= 11 is 6.06. The summed E-state index contributed by atoms with van der Waals surface area (Å²) in [6, 6.07) is 8.09. The van der Waals surface area contributed by atoms with Crippen LogP contribution >= 0.6 is 35.6 Å². The highest BCUT2D eigenvalue weighted by atomic mass is 127. The average molecular weight is 438 g/mol. The molecule has 1 saturated heterocycles. The lowest BCUT2D eigenvalue weighted by Gasteiger charge is -2.36. The maximum absolute atomic E-state index is 6.06. The molecule has 7 heteroatoms. The first-order chi connectivity index (χ1) is 10.2. The number of nitrogens with zero attached hydrogens (tertiary/aromatic N) is 3. The summed E-state index contributed by atoms with van der Waals surface area (Å²) in [6.45, 7) is 6.18. The number of piperazine rings is 1. The van der Waals surface area contributed by atoms with Gasteiger partial charge < -0.3 is 15.5 Å². The number of hydrogen-bond donors (Lipinski definition) is 2. The van der Waals surface area contributed by atoms with E-state index in [2.05, 4.69) is 31.5 Å². The minimum Gasteiger partial charge on any atom is -0.369 e. The van der Waals surface area contributed by atoms with Crippen LogP contribution in [-0.4, -0.2) is 64.2 Å². The van der Waals surface area contributed by atoms with Crippen LogP contribution in [0.4, 0.5) is 5.69 Å². The first kappa shape index (κ1) is 19.3. The quantitative estimate of drug-likeness (QED) is 0.429. The van der Waals surface area contributed by atoms with Crippen molar-refractivity contribution in [1.29, 1.82) is 0 Å². The van der Waals surface area contributed by atoms with Gasteiger partial charge in [0.1, 0.15) is 0 Å². The SMILES string of the molecule is CN=C(NC)NCCN1CCN(c2cccc(Cl)c2)CC1.I. The zero-order chi connectivity index (χ0) is 15.1. The van der Waals surface area contributed by atoms with Crippen molar-refractivity contribution in [2.75, 3.05) is 58.3 Å². The van der Waals surface area contributed by atoms with Gasteiger partial charge in [0.2, 0.25) is 0 Å². The number of benzene rings is 1. The van der Waals surface area contributed by atoms with Gasteiger partial charge >= 0.3 is 0 Å². The van der Waals surface area contributed by atoms with E-state index in [1.54, 1.807) is 7.05 Å². The monoisotopic (exact) mass is 437 g/mol. The Balaban J connectivity index is 0.00000242. The summed E-state index contributed by atoms with van der Waals surface area (Å²) < 4.78 is 0. The second kappa shape index (κ2) is 10.1. The lowest BCUT2D eigenvalue weighted by atomic mass is 10.2. The summed E-state index contributed by atoms with van der Waals surface area (Å²) in [5.74, 6) is 0.840. The molecule has 1 aliphatic heterocycles. The third-order valence-electron chi connectivity index (χ3n) is 3.73. The van der Waals surface area contributed by atoms with Crippen LogP contribution in [0.5, 0.6) is 0 Å². The van der Waals surface area contributed by atoms with Crippen LogP contribution in [0.2, 0.25) is 5.02 Å². The normalized spacial score (nSPS) is 16.1. The molecule has 22 heavy (non-hydrogen) atoms. The van der Waals surface area contributed by atoms with Crippen LogP contribution in [0.1, 0.15) is 0 Å². The Hall–Kier alpha value is -0.730.